The molecule has 0 saturated carbocycles. The van der Waals surface area contributed by atoms with Crippen molar-refractivity contribution >= 4 is 54.3 Å². The first-order chi connectivity index (χ1) is 26.0. The summed E-state index contributed by atoms with van der Waals surface area (Å²) in [5.74, 6) is 0. The standard InChI is InChI=1S/C48H30O/c1-2-15-32(16-3-1)45-39-21-6-8-23-41(39)46(42-24-9-7-22-40(42)45)34-19-10-18-33(30-34)36-25-12-28-43-47(36)48-38(27-13-29-44(48)49-43)37-26-11-17-31-14-4-5-20-35(31)37/h1-30H/i10D,18D,19D,30D. The Bertz CT molecular complexity index is 3040. The van der Waals surface area contributed by atoms with Gasteiger partial charge in [0.2, 0.25) is 0 Å². The molecule has 0 aliphatic heterocycles. The average molecular weight is 627 g/mol. The van der Waals surface area contributed by atoms with Crippen LogP contribution in [0.5, 0.6) is 0 Å². The SMILES string of the molecule is [2H]c1c([2H])c(-c2c3ccccc3c(-c3ccccc3)c3ccccc23)c([2H])c(-c2cccc3oc4cccc(-c5cccc6ccccc56)c4c23)c1[2H]. The Morgan fingerprint density at radius 3 is 1.55 bits per heavy atom. The molecule has 0 radical (unpaired) electrons. The van der Waals surface area contributed by atoms with Crippen molar-refractivity contribution in [1.82, 2.24) is 0 Å². The molecule has 10 aromatic rings. The quantitative estimate of drug-likeness (QED) is 0.177. The Hall–Kier alpha value is -6.44. The summed E-state index contributed by atoms with van der Waals surface area (Å²) in [5.41, 5.74) is 7.54. The highest BCUT2D eigenvalue weighted by atomic mass is 16.3. The molecule has 0 fully saturated rings. The summed E-state index contributed by atoms with van der Waals surface area (Å²) in [5, 5.41) is 7.69. The molecule has 0 saturated heterocycles. The van der Waals surface area contributed by atoms with Crippen LogP contribution in [0.3, 0.4) is 0 Å². The molecule has 10 rings (SSSR count). The van der Waals surface area contributed by atoms with Gasteiger partial charge in [-0.1, -0.05) is 164 Å². The van der Waals surface area contributed by atoms with E-state index in [4.69, 9.17) is 4.42 Å². The lowest BCUT2D eigenvalue weighted by Crippen LogP contribution is -1.91. The number of fused-ring (bicyclic) bond motifs is 6. The van der Waals surface area contributed by atoms with Crippen molar-refractivity contribution in [3.8, 4) is 44.5 Å². The van der Waals surface area contributed by atoms with Crippen LogP contribution < -0.4 is 0 Å². The van der Waals surface area contributed by atoms with E-state index >= 15 is 0 Å². The third-order valence-corrected chi connectivity index (χ3v) is 9.74. The van der Waals surface area contributed by atoms with Gasteiger partial charge in [0.1, 0.15) is 11.2 Å². The Kier molecular flexibility index (Phi) is 5.38. The van der Waals surface area contributed by atoms with Gasteiger partial charge >= 0.3 is 0 Å². The molecule has 0 unspecified atom stereocenters. The summed E-state index contributed by atoms with van der Waals surface area (Å²) in [4.78, 5) is 0. The van der Waals surface area contributed by atoms with Crippen LogP contribution in [0.2, 0.25) is 0 Å². The molecule has 1 nitrogen and oxygen atoms in total. The normalized spacial score (nSPS) is 12.8. The van der Waals surface area contributed by atoms with Gasteiger partial charge in [0.05, 0.1) is 5.48 Å². The van der Waals surface area contributed by atoms with E-state index in [-0.39, 0.29) is 24.2 Å². The lowest BCUT2D eigenvalue weighted by atomic mass is 9.85. The minimum atomic E-state index is -0.217. The Labute approximate surface area is 289 Å². The van der Waals surface area contributed by atoms with E-state index in [1.54, 1.807) is 0 Å². The minimum absolute atomic E-state index is 0.0447. The van der Waals surface area contributed by atoms with Gasteiger partial charge in [0.25, 0.3) is 0 Å². The van der Waals surface area contributed by atoms with E-state index in [2.05, 4.69) is 60.7 Å². The van der Waals surface area contributed by atoms with Crippen molar-refractivity contribution in [1.29, 1.82) is 0 Å². The topological polar surface area (TPSA) is 13.1 Å². The number of benzene rings is 9. The van der Waals surface area contributed by atoms with E-state index in [1.165, 1.54) is 0 Å². The molecular formula is C48H30O. The van der Waals surface area contributed by atoms with Crippen LogP contribution in [0, 0.1) is 0 Å². The first kappa shape index (κ1) is 23.8. The third-order valence-electron chi connectivity index (χ3n) is 9.74. The number of hydrogen-bond donors (Lipinski definition) is 0. The second-order valence-corrected chi connectivity index (χ2v) is 12.4. The van der Waals surface area contributed by atoms with Crippen LogP contribution in [0.15, 0.2) is 186 Å². The fourth-order valence-corrected chi connectivity index (χ4v) is 7.68. The second-order valence-electron chi connectivity index (χ2n) is 12.4. The van der Waals surface area contributed by atoms with E-state index in [9.17, 15) is 5.48 Å². The smallest absolute Gasteiger partial charge is 0.136 e. The zero-order valence-corrected chi connectivity index (χ0v) is 26.4. The van der Waals surface area contributed by atoms with E-state index in [0.717, 1.165) is 70.9 Å². The van der Waals surface area contributed by atoms with Gasteiger partial charge in [0.15, 0.2) is 0 Å². The van der Waals surface area contributed by atoms with Crippen molar-refractivity contribution in [2.75, 3.05) is 0 Å². The average Bonchev–Trinajstić information content (AvgIpc) is 3.60. The largest absolute Gasteiger partial charge is 0.456 e. The predicted octanol–water partition coefficient (Wildman–Crippen LogP) is 13.7. The van der Waals surface area contributed by atoms with Gasteiger partial charge in [0, 0.05) is 10.8 Å². The van der Waals surface area contributed by atoms with E-state index in [0.29, 0.717) is 27.9 Å². The van der Waals surface area contributed by atoms with E-state index in [1.807, 2.05) is 97.1 Å². The van der Waals surface area contributed by atoms with Crippen molar-refractivity contribution in [3.63, 3.8) is 0 Å². The second kappa shape index (κ2) is 11.1. The molecule has 0 bridgehead atoms. The fraction of sp³-hybridized carbons (Fsp3) is 0. The molecule has 9 aromatic carbocycles. The summed E-state index contributed by atoms with van der Waals surface area (Å²) in [6, 6.07) is 52.5. The highest BCUT2D eigenvalue weighted by Crippen LogP contribution is 2.46. The summed E-state index contributed by atoms with van der Waals surface area (Å²) >= 11 is 0. The Morgan fingerprint density at radius 1 is 0.367 bits per heavy atom. The summed E-state index contributed by atoms with van der Waals surface area (Å²) < 4.78 is 44.4. The van der Waals surface area contributed by atoms with Gasteiger partial charge in [-0.2, -0.15) is 0 Å². The molecule has 0 N–H and O–H groups in total. The molecule has 49 heavy (non-hydrogen) atoms. The van der Waals surface area contributed by atoms with Gasteiger partial charge in [-0.05, 0) is 95.0 Å². The minimum Gasteiger partial charge on any atom is -0.456 e. The molecule has 0 amide bonds. The summed E-state index contributed by atoms with van der Waals surface area (Å²) in [6.45, 7) is 0. The maximum atomic E-state index is 9.98. The van der Waals surface area contributed by atoms with Crippen molar-refractivity contribution in [3.05, 3.63) is 182 Å². The zero-order valence-electron chi connectivity index (χ0n) is 30.4. The number of rotatable bonds is 4. The van der Waals surface area contributed by atoms with E-state index < -0.39 is 0 Å². The van der Waals surface area contributed by atoms with Crippen molar-refractivity contribution in [2.45, 2.75) is 0 Å². The molecule has 0 atom stereocenters. The van der Waals surface area contributed by atoms with Gasteiger partial charge < -0.3 is 4.42 Å². The molecule has 1 heteroatoms. The Balaban J connectivity index is 1.32. The maximum absolute atomic E-state index is 9.98. The number of furan rings is 1. The van der Waals surface area contributed by atoms with Crippen LogP contribution in [-0.2, 0) is 0 Å². The molecule has 0 aliphatic carbocycles. The molecule has 0 spiro atoms. The summed E-state index contributed by atoms with van der Waals surface area (Å²) in [6.07, 6.45) is 0. The lowest BCUT2D eigenvalue weighted by molar-refractivity contribution is 0.669. The van der Waals surface area contributed by atoms with Crippen LogP contribution in [0.25, 0.3) is 98.8 Å². The first-order valence-electron chi connectivity index (χ1n) is 18.5. The fourth-order valence-electron chi connectivity index (χ4n) is 7.68. The molecular weight excluding hydrogens is 593 g/mol. The van der Waals surface area contributed by atoms with Crippen molar-refractivity contribution < 1.29 is 9.90 Å². The zero-order chi connectivity index (χ0) is 35.8. The number of hydrogen-bond acceptors (Lipinski definition) is 1. The van der Waals surface area contributed by atoms with Gasteiger partial charge in [-0.25, -0.2) is 0 Å². The monoisotopic (exact) mass is 626 g/mol. The van der Waals surface area contributed by atoms with Gasteiger partial charge in [-0.3, -0.25) is 0 Å². The Morgan fingerprint density at radius 2 is 0.857 bits per heavy atom. The summed E-state index contributed by atoms with van der Waals surface area (Å²) in [7, 11) is 0. The lowest BCUT2D eigenvalue weighted by Gasteiger charge is -2.18. The first-order valence-corrected chi connectivity index (χ1v) is 16.5. The van der Waals surface area contributed by atoms with Crippen LogP contribution in [0.1, 0.15) is 5.48 Å². The van der Waals surface area contributed by atoms with Crippen LogP contribution in [-0.4, -0.2) is 0 Å². The molecule has 0 aliphatic rings. The van der Waals surface area contributed by atoms with Gasteiger partial charge in [-0.15, -0.1) is 0 Å². The van der Waals surface area contributed by atoms with Crippen molar-refractivity contribution in [2.24, 2.45) is 0 Å². The molecule has 1 heterocycles. The highest BCUT2D eigenvalue weighted by Gasteiger charge is 2.20. The third kappa shape index (κ3) is 4.33. The maximum Gasteiger partial charge on any atom is 0.136 e. The molecule has 1 aromatic heterocycles. The van der Waals surface area contributed by atoms with Crippen LogP contribution >= 0.6 is 0 Å². The highest BCUT2D eigenvalue weighted by molar-refractivity contribution is 6.22. The van der Waals surface area contributed by atoms with Crippen LogP contribution in [0.4, 0.5) is 0 Å². The predicted molar refractivity (Wildman–Crippen MR) is 208 cm³/mol. The molecule has 228 valence electrons.